The van der Waals surface area contributed by atoms with E-state index in [1.165, 1.54) is 28.9 Å². The highest BCUT2D eigenvalue weighted by Crippen LogP contribution is 2.22. The minimum Gasteiger partial charge on any atom is -0.387 e. The fraction of sp³-hybridized carbons (Fsp3) is 0.150. The lowest BCUT2D eigenvalue weighted by molar-refractivity contribution is -0.384. The highest BCUT2D eigenvalue weighted by molar-refractivity contribution is 6.30. The number of aryl methyl sites for hydroxylation is 1. The molecule has 10 heteroatoms. The number of para-hydroxylation sites is 2. The molecule has 2 aromatic carbocycles. The van der Waals surface area contributed by atoms with E-state index in [2.05, 4.69) is 10.4 Å². The molecule has 0 spiro atoms. The number of hydrogen-bond donors (Lipinski definition) is 2. The number of aliphatic hydroxyl groups is 1. The molecular weight excluding hydrogens is 412 g/mol. The van der Waals surface area contributed by atoms with Gasteiger partial charge in [-0.25, -0.2) is 4.68 Å². The molecule has 154 valence electrons. The number of aliphatic hydroxyl groups excluding tert-OH is 1. The molecule has 0 aliphatic carbocycles. The number of nitro groups is 1. The molecule has 1 amide bonds. The number of nitrogens with zero attached hydrogens (tertiary/aromatic N) is 3. The Bertz CT molecular complexity index is 1160. The molecule has 3 aromatic rings. The first-order valence-electron chi connectivity index (χ1n) is 8.84. The van der Waals surface area contributed by atoms with Crippen molar-refractivity contribution < 1.29 is 14.8 Å². The number of carbonyl (C=O) groups excluding carboxylic acids is 1. The minimum absolute atomic E-state index is 0.121. The monoisotopic (exact) mass is 428 g/mol. The second-order valence-corrected chi connectivity index (χ2v) is 6.87. The summed E-state index contributed by atoms with van der Waals surface area (Å²) >= 11 is 5.81. The van der Waals surface area contributed by atoms with Crippen LogP contribution in [0.3, 0.4) is 0 Å². The highest BCUT2D eigenvalue weighted by Gasteiger charge is 2.20. The first kappa shape index (κ1) is 21.2. The van der Waals surface area contributed by atoms with Gasteiger partial charge >= 0.3 is 0 Å². The van der Waals surface area contributed by atoms with Crippen molar-refractivity contribution in [1.29, 1.82) is 0 Å². The molecule has 30 heavy (non-hydrogen) atoms. The molecule has 1 heterocycles. The summed E-state index contributed by atoms with van der Waals surface area (Å²) in [6.07, 6.45) is -1.02. The first-order chi connectivity index (χ1) is 14.3. The second kappa shape index (κ2) is 8.85. The first-order valence-corrected chi connectivity index (χ1v) is 9.22. The summed E-state index contributed by atoms with van der Waals surface area (Å²) in [5, 5.41) is 28.5. The smallest absolute Gasteiger partial charge is 0.294 e. The molecule has 3 rings (SSSR count). The largest absolute Gasteiger partial charge is 0.387 e. The zero-order chi connectivity index (χ0) is 21.8. The van der Waals surface area contributed by atoms with Gasteiger partial charge in [-0.15, -0.1) is 0 Å². The molecule has 0 fully saturated rings. The third-order valence-corrected chi connectivity index (χ3v) is 4.59. The van der Waals surface area contributed by atoms with Gasteiger partial charge in [0, 0.05) is 29.4 Å². The molecule has 0 aliphatic heterocycles. The maximum atomic E-state index is 12.5. The molecular formula is C20H17ClN4O5. The zero-order valence-corrected chi connectivity index (χ0v) is 16.5. The van der Waals surface area contributed by atoms with Crippen LogP contribution in [0, 0.1) is 17.0 Å². The Labute approximate surface area is 175 Å². The lowest BCUT2D eigenvalue weighted by Crippen LogP contribution is -2.34. The number of nitrogens with one attached hydrogen (secondary N) is 1. The van der Waals surface area contributed by atoms with E-state index in [9.17, 15) is 24.8 Å². The van der Waals surface area contributed by atoms with Crippen LogP contribution in [0.1, 0.15) is 27.8 Å². The van der Waals surface area contributed by atoms with Crippen molar-refractivity contribution >= 4 is 23.2 Å². The number of hydrogen-bond acceptors (Lipinski definition) is 6. The van der Waals surface area contributed by atoms with E-state index in [0.29, 0.717) is 16.3 Å². The van der Waals surface area contributed by atoms with Gasteiger partial charge in [0.25, 0.3) is 11.6 Å². The van der Waals surface area contributed by atoms with Gasteiger partial charge in [-0.2, -0.15) is 5.10 Å². The number of aromatic nitrogens is 2. The molecule has 0 saturated heterocycles. The number of carbonyl (C=O) groups is 1. The lowest BCUT2D eigenvalue weighted by Gasteiger charge is -2.14. The summed E-state index contributed by atoms with van der Waals surface area (Å²) in [5.74, 6) is -0.805. The van der Waals surface area contributed by atoms with Gasteiger partial charge in [0.05, 0.1) is 11.0 Å². The normalized spacial score (nSPS) is 11.7. The molecule has 0 radical (unpaired) electrons. The van der Waals surface area contributed by atoms with Crippen molar-refractivity contribution in [2.45, 2.75) is 13.0 Å². The highest BCUT2D eigenvalue weighted by atomic mass is 35.5. The summed E-state index contributed by atoms with van der Waals surface area (Å²) in [6, 6.07) is 13.5. The summed E-state index contributed by atoms with van der Waals surface area (Å²) in [7, 11) is 0. The number of halogens is 1. The SMILES string of the molecule is Cc1cc(=O)c(C(=O)NCC(O)c2ccc(Cl)cc2)nn1-c1ccccc1[N+](=O)[O-]. The molecule has 2 N–H and O–H groups in total. The molecule has 1 atom stereocenters. The average molecular weight is 429 g/mol. The van der Waals surface area contributed by atoms with Gasteiger partial charge in [0.15, 0.2) is 5.69 Å². The zero-order valence-electron chi connectivity index (χ0n) is 15.8. The van der Waals surface area contributed by atoms with E-state index in [4.69, 9.17) is 11.6 Å². The quantitative estimate of drug-likeness (QED) is 0.458. The predicted molar refractivity (Wildman–Crippen MR) is 110 cm³/mol. The van der Waals surface area contributed by atoms with Crippen LogP contribution >= 0.6 is 11.6 Å². The van der Waals surface area contributed by atoms with Crippen LogP contribution in [0.4, 0.5) is 5.69 Å². The Morgan fingerprint density at radius 3 is 2.60 bits per heavy atom. The summed E-state index contributed by atoms with van der Waals surface area (Å²) in [6.45, 7) is 1.39. The summed E-state index contributed by atoms with van der Waals surface area (Å²) in [5.41, 5.74) is -0.319. The van der Waals surface area contributed by atoms with Crippen LogP contribution in [0.15, 0.2) is 59.4 Å². The Hall–Kier alpha value is -3.56. The number of rotatable bonds is 6. The van der Waals surface area contributed by atoms with Gasteiger partial charge < -0.3 is 10.4 Å². The topological polar surface area (TPSA) is 127 Å². The van der Waals surface area contributed by atoms with E-state index < -0.39 is 28.1 Å². The minimum atomic E-state index is -1.02. The van der Waals surface area contributed by atoms with Gasteiger partial charge in [-0.05, 0) is 30.7 Å². The predicted octanol–water partition coefficient (Wildman–Crippen LogP) is 2.57. The summed E-state index contributed by atoms with van der Waals surface area (Å²) < 4.78 is 1.17. The maximum Gasteiger partial charge on any atom is 0.294 e. The number of nitro benzene ring substituents is 1. The fourth-order valence-corrected chi connectivity index (χ4v) is 2.95. The Balaban J connectivity index is 1.87. The van der Waals surface area contributed by atoms with Crippen LogP contribution in [-0.2, 0) is 0 Å². The van der Waals surface area contributed by atoms with Crippen molar-refractivity contribution in [3.63, 3.8) is 0 Å². The van der Waals surface area contributed by atoms with Crippen LogP contribution in [-0.4, -0.2) is 32.3 Å². The van der Waals surface area contributed by atoms with Crippen LogP contribution < -0.4 is 10.7 Å². The van der Waals surface area contributed by atoms with Crippen molar-refractivity contribution in [1.82, 2.24) is 15.1 Å². The van der Waals surface area contributed by atoms with Gasteiger partial charge in [0.1, 0.15) is 5.69 Å². The number of benzene rings is 2. The van der Waals surface area contributed by atoms with Crippen LogP contribution in [0.25, 0.3) is 5.69 Å². The van der Waals surface area contributed by atoms with Crippen molar-refractivity contribution in [3.05, 3.63) is 96.9 Å². The van der Waals surface area contributed by atoms with E-state index in [-0.39, 0.29) is 17.9 Å². The number of amides is 1. The maximum absolute atomic E-state index is 12.5. The molecule has 9 nitrogen and oxygen atoms in total. The van der Waals surface area contributed by atoms with Gasteiger partial charge in [-0.1, -0.05) is 35.9 Å². The third kappa shape index (κ3) is 4.53. The van der Waals surface area contributed by atoms with Gasteiger partial charge in [0.2, 0.25) is 5.43 Å². The van der Waals surface area contributed by atoms with Crippen molar-refractivity contribution in [2.75, 3.05) is 6.54 Å². The van der Waals surface area contributed by atoms with Gasteiger partial charge in [-0.3, -0.25) is 19.7 Å². The van der Waals surface area contributed by atoms with E-state index in [1.54, 1.807) is 37.3 Å². The Kier molecular flexibility index (Phi) is 6.24. The molecule has 0 saturated carbocycles. The molecule has 0 aliphatic rings. The molecule has 0 bridgehead atoms. The molecule has 1 unspecified atom stereocenters. The summed E-state index contributed by atoms with van der Waals surface area (Å²) in [4.78, 5) is 35.5. The van der Waals surface area contributed by atoms with Crippen molar-refractivity contribution in [2.24, 2.45) is 0 Å². The van der Waals surface area contributed by atoms with Crippen molar-refractivity contribution in [3.8, 4) is 5.69 Å². The lowest BCUT2D eigenvalue weighted by atomic mass is 10.1. The molecule has 1 aromatic heterocycles. The standard InChI is InChI=1S/C20H17ClN4O5/c1-12-10-17(26)19(23-24(12)15-4-2-3-5-16(15)25(29)30)20(28)22-11-18(27)13-6-8-14(21)9-7-13/h2-10,18,27H,11H2,1H3,(H,22,28). The van der Waals surface area contributed by atoms with E-state index in [0.717, 1.165) is 0 Å². The van der Waals surface area contributed by atoms with E-state index in [1.807, 2.05) is 0 Å². The van der Waals surface area contributed by atoms with Crippen LogP contribution in [0.5, 0.6) is 0 Å². The Morgan fingerprint density at radius 2 is 1.93 bits per heavy atom. The second-order valence-electron chi connectivity index (χ2n) is 6.43. The fourth-order valence-electron chi connectivity index (χ4n) is 2.82. The van der Waals surface area contributed by atoms with Crippen LogP contribution in [0.2, 0.25) is 5.02 Å². The van der Waals surface area contributed by atoms with E-state index >= 15 is 0 Å². The third-order valence-electron chi connectivity index (χ3n) is 4.34. The average Bonchev–Trinajstić information content (AvgIpc) is 2.72. The Morgan fingerprint density at radius 1 is 1.27 bits per heavy atom.